The van der Waals surface area contributed by atoms with Crippen LogP contribution in [0.3, 0.4) is 0 Å². The minimum Gasteiger partial charge on any atom is -0.481 e. The average molecular weight is 334 g/mol. The number of likely N-dealkylation sites (tertiary alicyclic amines) is 1. The summed E-state index contributed by atoms with van der Waals surface area (Å²) in [6, 6.07) is 4.50. The molecule has 1 unspecified atom stereocenters. The lowest BCUT2D eigenvalue weighted by molar-refractivity contribution is -0.386. The molecule has 1 aliphatic rings. The summed E-state index contributed by atoms with van der Waals surface area (Å²) in [6.07, 6.45) is 1.16. The van der Waals surface area contributed by atoms with Gasteiger partial charge in [-0.25, -0.2) is 0 Å². The summed E-state index contributed by atoms with van der Waals surface area (Å²) in [5.41, 5.74) is 0.288. The van der Waals surface area contributed by atoms with E-state index in [-0.39, 0.29) is 23.7 Å². The molecule has 2 rings (SSSR count). The van der Waals surface area contributed by atoms with E-state index in [2.05, 4.69) is 0 Å². The van der Waals surface area contributed by atoms with Gasteiger partial charge in [0.15, 0.2) is 0 Å². The van der Waals surface area contributed by atoms with Crippen molar-refractivity contribution in [3.05, 3.63) is 39.4 Å². The Bertz CT molecular complexity index is 678. The monoisotopic (exact) mass is 334 g/mol. The molecule has 1 N–H and O–H groups in total. The Hall–Kier alpha value is -2.44. The molecule has 7 heteroatoms. The average Bonchev–Trinajstić information content (AvgIpc) is 2.52. The number of nitro benzene ring substituents is 1. The summed E-state index contributed by atoms with van der Waals surface area (Å²) < 4.78 is 0. The molecule has 0 aliphatic carbocycles. The summed E-state index contributed by atoms with van der Waals surface area (Å²) in [5.74, 6) is -1.85. The smallest absolute Gasteiger partial charge is 0.308 e. The quantitative estimate of drug-likeness (QED) is 0.676. The first-order valence-electron chi connectivity index (χ1n) is 7.92. The van der Waals surface area contributed by atoms with Crippen molar-refractivity contribution in [3.8, 4) is 0 Å². The summed E-state index contributed by atoms with van der Waals surface area (Å²) in [7, 11) is 0. The first-order chi connectivity index (χ1) is 11.1. The van der Waals surface area contributed by atoms with Crippen LogP contribution in [-0.4, -0.2) is 39.9 Å². The molecule has 1 heterocycles. The molecule has 1 amide bonds. The second-order valence-electron chi connectivity index (χ2n) is 7.17. The molecular weight excluding hydrogens is 312 g/mol. The number of carboxylic acids is 1. The van der Waals surface area contributed by atoms with Crippen LogP contribution in [0.1, 0.15) is 49.5 Å². The highest BCUT2D eigenvalue weighted by molar-refractivity contribution is 5.95. The number of amides is 1. The van der Waals surface area contributed by atoms with E-state index in [1.165, 1.54) is 11.0 Å². The van der Waals surface area contributed by atoms with E-state index in [1.807, 2.05) is 20.8 Å². The zero-order chi connectivity index (χ0) is 18.1. The molecule has 1 fully saturated rings. The van der Waals surface area contributed by atoms with Gasteiger partial charge in [-0.3, -0.25) is 19.7 Å². The Morgan fingerprint density at radius 3 is 2.54 bits per heavy atom. The van der Waals surface area contributed by atoms with Gasteiger partial charge in [-0.05, 0) is 24.3 Å². The van der Waals surface area contributed by atoms with Gasteiger partial charge < -0.3 is 10.0 Å². The number of nitro groups is 1. The third-order valence-electron chi connectivity index (χ3n) is 4.31. The Balaban J connectivity index is 2.32. The summed E-state index contributed by atoms with van der Waals surface area (Å²) in [5, 5.41) is 20.5. The Morgan fingerprint density at radius 1 is 1.33 bits per heavy atom. The second-order valence-corrected chi connectivity index (χ2v) is 7.17. The van der Waals surface area contributed by atoms with Gasteiger partial charge in [0.05, 0.1) is 10.8 Å². The summed E-state index contributed by atoms with van der Waals surface area (Å²) >= 11 is 0. The number of carboxylic acid groups (broad SMARTS) is 1. The number of piperidine rings is 1. The van der Waals surface area contributed by atoms with Crippen LogP contribution in [0.5, 0.6) is 0 Å². The third-order valence-corrected chi connectivity index (χ3v) is 4.31. The van der Waals surface area contributed by atoms with Crippen LogP contribution in [0.25, 0.3) is 0 Å². The van der Waals surface area contributed by atoms with Crippen LogP contribution in [0.4, 0.5) is 5.69 Å². The van der Waals surface area contributed by atoms with Crippen molar-refractivity contribution in [1.82, 2.24) is 4.90 Å². The molecular formula is C17H22N2O5. The topological polar surface area (TPSA) is 101 Å². The lowest BCUT2D eigenvalue weighted by Gasteiger charge is -2.31. The van der Waals surface area contributed by atoms with E-state index in [0.29, 0.717) is 24.9 Å². The van der Waals surface area contributed by atoms with Gasteiger partial charge in [0.2, 0.25) is 0 Å². The first-order valence-corrected chi connectivity index (χ1v) is 7.92. The van der Waals surface area contributed by atoms with Gasteiger partial charge in [0, 0.05) is 30.3 Å². The lowest BCUT2D eigenvalue weighted by Crippen LogP contribution is -2.42. The zero-order valence-electron chi connectivity index (χ0n) is 14.1. The van der Waals surface area contributed by atoms with E-state index in [0.717, 1.165) is 0 Å². The standard InChI is InChI=1S/C17H22N2O5/c1-17(2,3)13-7-6-11(9-14(13)19(23)24)15(20)18-8-4-5-12(10-18)16(21)22/h6-7,9,12H,4-5,8,10H2,1-3H3,(H,21,22). The molecule has 1 aromatic carbocycles. The third kappa shape index (κ3) is 3.72. The highest BCUT2D eigenvalue weighted by Gasteiger charge is 2.31. The second kappa shape index (κ2) is 6.59. The molecule has 1 saturated heterocycles. The van der Waals surface area contributed by atoms with Crippen molar-refractivity contribution in [2.24, 2.45) is 5.92 Å². The molecule has 0 aromatic heterocycles. The molecule has 130 valence electrons. The van der Waals surface area contributed by atoms with Gasteiger partial charge in [-0.1, -0.05) is 26.8 Å². The number of rotatable bonds is 3. The maximum absolute atomic E-state index is 12.6. The highest BCUT2D eigenvalue weighted by atomic mass is 16.6. The fourth-order valence-corrected chi connectivity index (χ4v) is 3.00. The van der Waals surface area contributed by atoms with Crippen molar-refractivity contribution >= 4 is 17.6 Å². The minimum absolute atomic E-state index is 0.0832. The molecule has 0 bridgehead atoms. The maximum Gasteiger partial charge on any atom is 0.308 e. The van der Waals surface area contributed by atoms with Crippen LogP contribution in [0.2, 0.25) is 0 Å². The Labute approximate surface area is 140 Å². The van der Waals surface area contributed by atoms with Crippen LogP contribution < -0.4 is 0 Å². The summed E-state index contributed by atoms with van der Waals surface area (Å²) in [6.45, 7) is 6.23. The van der Waals surface area contributed by atoms with E-state index in [9.17, 15) is 19.7 Å². The minimum atomic E-state index is -0.915. The first kappa shape index (κ1) is 17.9. The normalized spacial score (nSPS) is 18.3. The van der Waals surface area contributed by atoms with E-state index in [1.54, 1.807) is 12.1 Å². The number of hydrogen-bond acceptors (Lipinski definition) is 4. The number of hydrogen-bond donors (Lipinski definition) is 1. The number of aliphatic carboxylic acids is 1. The van der Waals surface area contributed by atoms with Crippen molar-refractivity contribution in [2.75, 3.05) is 13.1 Å². The van der Waals surface area contributed by atoms with Crippen LogP contribution in [0, 0.1) is 16.0 Å². The number of carbonyl (C=O) groups excluding carboxylic acids is 1. The van der Waals surface area contributed by atoms with Crippen LogP contribution in [0.15, 0.2) is 18.2 Å². The molecule has 0 spiro atoms. The van der Waals surface area contributed by atoms with Crippen LogP contribution >= 0.6 is 0 Å². The van der Waals surface area contributed by atoms with Crippen molar-refractivity contribution < 1.29 is 19.6 Å². The van der Waals surface area contributed by atoms with E-state index in [4.69, 9.17) is 5.11 Å². The highest BCUT2D eigenvalue weighted by Crippen LogP contribution is 2.32. The molecule has 0 radical (unpaired) electrons. The molecule has 7 nitrogen and oxygen atoms in total. The van der Waals surface area contributed by atoms with Gasteiger partial charge in [0.25, 0.3) is 11.6 Å². The maximum atomic E-state index is 12.6. The van der Waals surface area contributed by atoms with Gasteiger partial charge >= 0.3 is 5.97 Å². The lowest BCUT2D eigenvalue weighted by atomic mass is 9.85. The van der Waals surface area contributed by atoms with Gasteiger partial charge in [-0.2, -0.15) is 0 Å². The largest absolute Gasteiger partial charge is 0.481 e. The summed E-state index contributed by atoms with van der Waals surface area (Å²) in [4.78, 5) is 36.1. The molecule has 1 atom stereocenters. The van der Waals surface area contributed by atoms with Gasteiger partial charge in [-0.15, -0.1) is 0 Å². The number of benzene rings is 1. The predicted molar refractivity (Wildman–Crippen MR) is 88.1 cm³/mol. The van der Waals surface area contributed by atoms with Crippen LogP contribution in [-0.2, 0) is 10.2 Å². The van der Waals surface area contributed by atoms with Crippen molar-refractivity contribution in [1.29, 1.82) is 0 Å². The van der Waals surface area contributed by atoms with Crippen molar-refractivity contribution in [2.45, 2.75) is 39.0 Å². The van der Waals surface area contributed by atoms with Crippen molar-refractivity contribution in [3.63, 3.8) is 0 Å². The molecule has 1 aliphatic heterocycles. The number of nitrogens with zero attached hydrogens (tertiary/aromatic N) is 2. The predicted octanol–water partition coefficient (Wildman–Crippen LogP) is 2.83. The number of carbonyl (C=O) groups is 2. The zero-order valence-corrected chi connectivity index (χ0v) is 14.1. The fourth-order valence-electron chi connectivity index (χ4n) is 3.00. The fraction of sp³-hybridized carbons (Fsp3) is 0.529. The molecule has 1 aromatic rings. The SMILES string of the molecule is CC(C)(C)c1ccc(C(=O)N2CCCC(C(=O)O)C2)cc1[N+](=O)[O-]. The molecule has 0 saturated carbocycles. The van der Waals surface area contributed by atoms with E-state index < -0.39 is 22.2 Å². The molecule has 24 heavy (non-hydrogen) atoms. The Morgan fingerprint density at radius 2 is 2.00 bits per heavy atom. The van der Waals surface area contributed by atoms with E-state index >= 15 is 0 Å². The van der Waals surface area contributed by atoms with Gasteiger partial charge in [0.1, 0.15) is 0 Å². The Kier molecular flexibility index (Phi) is 4.91.